The molecule has 0 saturated carbocycles. The number of carbonyl (C=O) groups is 2. The second kappa shape index (κ2) is 9.01. The number of hydrogen-bond donors (Lipinski definition) is 2. The van der Waals surface area contributed by atoms with Gasteiger partial charge in [0.1, 0.15) is 0 Å². The number of nitrogens with zero attached hydrogens (tertiary/aromatic N) is 3. The zero-order chi connectivity index (χ0) is 20.1. The highest BCUT2D eigenvalue weighted by Gasteiger charge is 2.32. The Morgan fingerprint density at radius 2 is 2.07 bits per heavy atom. The van der Waals surface area contributed by atoms with Crippen LogP contribution < -0.4 is 5.32 Å². The molecule has 7 heteroatoms. The molecule has 1 saturated heterocycles. The van der Waals surface area contributed by atoms with Crippen LogP contribution in [0.2, 0.25) is 0 Å². The molecule has 2 aromatic rings. The van der Waals surface area contributed by atoms with Crippen LogP contribution in [0.3, 0.4) is 0 Å². The van der Waals surface area contributed by atoms with Gasteiger partial charge in [-0.25, -0.2) is 0 Å². The number of hydrogen-bond acceptors (Lipinski definition) is 4. The molecule has 2 heterocycles. The largest absolute Gasteiger partial charge is 0.353 e. The Morgan fingerprint density at radius 1 is 1.32 bits per heavy atom. The second-order valence-corrected chi connectivity index (χ2v) is 7.79. The normalized spacial score (nSPS) is 17.6. The molecule has 1 aliphatic heterocycles. The van der Waals surface area contributed by atoms with E-state index in [1.807, 2.05) is 36.4 Å². The molecule has 150 valence electrons. The molecule has 0 bridgehead atoms. The van der Waals surface area contributed by atoms with Crippen molar-refractivity contribution in [3.8, 4) is 11.3 Å². The summed E-state index contributed by atoms with van der Waals surface area (Å²) in [5.41, 5.74) is 2.75. The zero-order valence-electron chi connectivity index (χ0n) is 16.8. The number of aromatic amines is 1. The molecular weight excluding hydrogens is 354 g/mol. The van der Waals surface area contributed by atoms with E-state index in [4.69, 9.17) is 0 Å². The summed E-state index contributed by atoms with van der Waals surface area (Å²) < 4.78 is 0. The molecule has 0 aliphatic carbocycles. The first-order valence-electron chi connectivity index (χ1n) is 9.79. The van der Waals surface area contributed by atoms with Crippen molar-refractivity contribution in [3.05, 3.63) is 42.1 Å². The highest BCUT2D eigenvalue weighted by Crippen LogP contribution is 2.18. The lowest BCUT2D eigenvalue weighted by atomic mass is 10.1. The van der Waals surface area contributed by atoms with Gasteiger partial charge in [-0.15, -0.1) is 0 Å². The van der Waals surface area contributed by atoms with Crippen molar-refractivity contribution in [1.82, 2.24) is 25.3 Å². The molecule has 1 aromatic carbocycles. The van der Waals surface area contributed by atoms with Crippen molar-refractivity contribution in [2.24, 2.45) is 5.92 Å². The van der Waals surface area contributed by atoms with Crippen LogP contribution in [0.5, 0.6) is 0 Å². The molecule has 7 nitrogen and oxygen atoms in total. The van der Waals surface area contributed by atoms with Crippen molar-refractivity contribution in [3.63, 3.8) is 0 Å². The van der Waals surface area contributed by atoms with E-state index < -0.39 is 6.04 Å². The number of nitrogens with one attached hydrogen (secondary N) is 2. The Morgan fingerprint density at radius 3 is 2.79 bits per heavy atom. The van der Waals surface area contributed by atoms with Crippen LogP contribution in [0.25, 0.3) is 11.3 Å². The van der Waals surface area contributed by atoms with Gasteiger partial charge in [0.2, 0.25) is 11.8 Å². The highest BCUT2D eigenvalue weighted by atomic mass is 16.2. The third-order valence-electron chi connectivity index (χ3n) is 4.94. The standard InChI is InChI=1S/C21H29N5O2/c1-15(2)13-26-10-9-22-21(28)19(26)12-20(27)25(3)14-17-11-18(24-23-17)16-7-5-4-6-8-16/h4-8,11,15,19H,9-10,12-14H2,1-3H3,(H,22,28)(H,23,24). The third kappa shape index (κ3) is 4.98. The minimum Gasteiger partial charge on any atom is -0.353 e. The fourth-order valence-corrected chi connectivity index (χ4v) is 3.54. The van der Waals surface area contributed by atoms with Gasteiger partial charge in [0.05, 0.1) is 30.4 Å². The lowest BCUT2D eigenvalue weighted by Gasteiger charge is -2.36. The summed E-state index contributed by atoms with van der Waals surface area (Å²) in [6, 6.07) is 11.5. The van der Waals surface area contributed by atoms with Gasteiger partial charge in [-0.2, -0.15) is 5.10 Å². The van der Waals surface area contributed by atoms with Crippen LogP contribution in [0.4, 0.5) is 0 Å². The van der Waals surface area contributed by atoms with Crippen molar-refractivity contribution in [2.75, 3.05) is 26.7 Å². The van der Waals surface area contributed by atoms with Crippen LogP contribution in [0.15, 0.2) is 36.4 Å². The van der Waals surface area contributed by atoms with E-state index in [1.54, 1.807) is 11.9 Å². The van der Waals surface area contributed by atoms with E-state index in [0.717, 1.165) is 30.0 Å². The minimum atomic E-state index is -0.396. The monoisotopic (exact) mass is 383 g/mol. The number of amides is 2. The number of rotatable bonds is 7. The van der Waals surface area contributed by atoms with Gasteiger partial charge < -0.3 is 10.2 Å². The van der Waals surface area contributed by atoms with Gasteiger partial charge in [0.25, 0.3) is 0 Å². The minimum absolute atomic E-state index is 0.0494. The Labute approximate surface area is 166 Å². The summed E-state index contributed by atoms with van der Waals surface area (Å²) >= 11 is 0. The van der Waals surface area contributed by atoms with Gasteiger partial charge in [-0.1, -0.05) is 44.2 Å². The molecular formula is C21H29N5O2. The van der Waals surface area contributed by atoms with Gasteiger partial charge in [-0.3, -0.25) is 19.6 Å². The Kier molecular flexibility index (Phi) is 6.46. The summed E-state index contributed by atoms with van der Waals surface area (Å²) in [7, 11) is 1.76. The molecule has 2 amide bonds. The quantitative estimate of drug-likeness (QED) is 0.765. The van der Waals surface area contributed by atoms with Crippen LogP contribution >= 0.6 is 0 Å². The van der Waals surface area contributed by atoms with Crippen LogP contribution in [0.1, 0.15) is 26.0 Å². The summed E-state index contributed by atoms with van der Waals surface area (Å²) in [4.78, 5) is 28.9. The Balaban J connectivity index is 1.61. The summed E-state index contributed by atoms with van der Waals surface area (Å²) in [5.74, 6) is 0.343. The lowest BCUT2D eigenvalue weighted by molar-refractivity contribution is -0.138. The number of piperazine rings is 1. The molecule has 0 radical (unpaired) electrons. The number of aromatic nitrogens is 2. The molecule has 1 atom stereocenters. The molecule has 3 rings (SSSR count). The number of H-pyrrole nitrogens is 1. The predicted octanol–water partition coefficient (Wildman–Crippen LogP) is 1.88. The molecule has 0 spiro atoms. The van der Waals surface area contributed by atoms with Crippen molar-refractivity contribution in [2.45, 2.75) is 32.9 Å². The molecule has 1 fully saturated rings. The van der Waals surface area contributed by atoms with Gasteiger partial charge >= 0.3 is 0 Å². The first-order chi connectivity index (χ1) is 13.4. The van der Waals surface area contributed by atoms with Crippen molar-refractivity contribution < 1.29 is 9.59 Å². The molecule has 1 aromatic heterocycles. The van der Waals surface area contributed by atoms with Crippen LogP contribution in [-0.4, -0.2) is 64.5 Å². The Bertz CT molecular complexity index is 802. The van der Waals surface area contributed by atoms with Crippen LogP contribution in [-0.2, 0) is 16.1 Å². The van der Waals surface area contributed by atoms with Crippen molar-refractivity contribution in [1.29, 1.82) is 0 Å². The van der Waals surface area contributed by atoms with E-state index in [2.05, 4.69) is 34.3 Å². The maximum Gasteiger partial charge on any atom is 0.237 e. The predicted molar refractivity (Wildman–Crippen MR) is 108 cm³/mol. The van der Waals surface area contributed by atoms with Crippen molar-refractivity contribution >= 4 is 11.8 Å². The van der Waals surface area contributed by atoms with Gasteiger partial charge in [-0.05, 0) is 12.0 Å². The average Bonchev–Trinajstić information content (AvgIpc) is 3.13. The molecule has 28 heavy (non-hydrogen) atoms. The first-order valence-corrected chi connectivity index (χ1v) is 9.79. The zero-order valence-corrected chi connectivity index (χ0v) is 16.8. The van der Waals surface area contributed by atoms with Gasteiger partial charge in [0.15, 0.2) is 0 Å². The number of carbonyl (C=O) groups excluding carboxylic acids is 2. The van der Waals surface area contributed by atoms with E-state index >= 15 is 0 Å². The smallest absolute Gasteiger partial charge is 0.237 e. The topological polar surface area (TPSA) is 81.3 Å². The fourth-order valence-electron chi connectivity index (χ4n) is 3.54. The lowest BCUT2D eigenvalue weighted by Crippen LogP contribution is -2.57. The first kappa shape index (κ1) is 20.1. The van der Waals surface area contributed by atoms with Crippen LogP contribution in [0, 0.1) is 5.92 Å². The van der Waals surface area contributed by atoms with E-state index in [9.17, 15) is 9.59 Å². The maximum absolute atomic E-state index is 12.8. The number of benzene rings is 1. The molecule has 1 unspecified atom stereocenters. The van der Waals surface area contributed by atoms with E-state index in [-0.39, 0.29) is 18.2 Å². The van der Waals surface area contributed by atoms with E-state index in [0.29, 0.717) is 19.0 Å². The summed E-state index contributed by atoms with van der Waals surface area (Å²) in [6.07, 6.45) is 0.189. The van der Waals surface area contributed by atoms with E-state index in [1.165, 1.54) is 0 Å². The Hall–Kier alpha value is -2.67. The average molecular weight is 383 g/mol. The SMILES string of the molecule is CC(C)CN1CCNC(=O)C1CC(=O)N(C)Cc1cc(-c2ccccc2)n[nH]1. The van der Waals surface area contributed by atoms with Gasteiger partial charge in [0, 0.05) is 32.2 Å². The third-order valence-corrected chi connectivity index (χ3v) is 4.94. The second-order valence-electron chi connectivity index (χ2n) is 7.79. The fraction of sp³-hybridized carbons (Fsp3) is 0.476. The highest BCUT2D eigenvalue weighted by molar-refractivity contribution is 5.88. The maximum atomic E-state index is 12.8. The molecule has 1 aliphatic rings. The summed E-state index contributed by atoms with van der Waals surface area (Å²) in [6.45, 7) is 6.92. The molecule has 2 N–H and O–H groups in total. The summed E-state index contributed by atoms with van der Waals surface area (Å²) in [5, 5.41) is 10.2.